The number of ether oxygens (including phenoxy) is 1. The Labute approximate surface area is 141 Å². The number of aryl methyl sites for hydroxylation is 1. The molecule has 0 bridgehead atoms. The van der Waals surface area contributed by atoms with E-state index in [1.807, 2.05) is 6.07 Å². The molecule has 0 spiro atoms. The van der Waals surface area contributed by atoms with Crippen molar-refractivity contribution in [3.63, 3.8) is 0 Å². The van der Waals surface area contributed by atoms with Crippen molar-refractivity contribution in [1.29, 1.82) is 0 Å². The SMILES string of the molecule is NC(=O)c1ccc(N2CC[C@H](OCCCc3ccccc3)C2)nn1. The molecule has 2 heterocycles. The Morgan fingerprint density at radius 1 is 1.21 bits per heavy atom. The number of carbonyl (C=O) groups excluding carboxylic acids is 1. The lowest BCUT2D eigenvalue weighted by Gasteiger charge is -2.17. The molecule has 24 heavy (non-hydrogen) atoms. The lowest BCUT2D eigenvalue weighted by atomic mass is 10.1. The third-order valence-electron chi connectivity index (χ3n) is 4.18. The van der Waals surface area contributed by atoms with Crippen LogP contribution in [0.1, 0.15) is 28.9 Å². The predicted molar refractivity (Wildman–Crippen MR) is 91.9 cm³/mol. The van der Waals surface area contributed by atoms with Gasteiger partial charge in [0, 0.05) is 19.7 Å². The molecule has 0 aliphatic carbocycles. The summed E-state index contributed by atoms with van der Waals surface area (Å²) in [6.45, 7) is 2.45. The fourth-order valence-electron chi connectivity index (χ4n) is 2.87. The lowest BCUT2D eigenvalue weighted by molar-refractivity contribution is 0.0666. The Kier molecular flexibility index (Phi) is 5.38. The van der Waals surface area contributed by atoms with Gasteiger partial charge in [-0.15, -0.1) is 10.2 Å². The summed E-state index contributed by atoms with van der Waals surface area (Å²) in [7, 11) is 0. The highest BCUT2D eigenvalue weighted by Gasteiger charge is 2.24. The number of hydrogen-bond donors (Lipinski definition) is 1. The van der Waals surface area contributed by atoms with Crippen molar-refractivity contribution in [2.24, 2.45) is 5.73 Å². The summed E-state index contributed by atoms with van der Waals surface area (Å²) in [4.78, 5) is 13.1. The average molecular weight is 326 g/mol. The average Bonchev–Trinajstić information content (AvgIpc) is 3.09. The molecule has 1 aliphatic heterocycles. The number of amides is 1. The quantitative estimate of drug-likeness (QED) is 0.785. The zero-order valence-corrected chi connectivity index (χ0v) is 13.6. The summed E-state index contributed by atoms with van der Waals surface area (Å²) in [5, 5.41) is 7.92. The molecule has 6 nitrogen and oxygen atoms in total. The molecule has 0 radical (unpaired) electrons. The monoisotopic (exact) mass is 326 g/mol. The third kappa shape index (κ3) is 4.29. The van der Waals surface area contributed by atoms with E-state index in [9.17, 15) is 4.79 Å². The van der Waals surface area contributed by atoms with E-state index in [-0.39, 0.29) is 11.8 Å². The molecule has 3 rings (SSSR count). The van der Waals surface area contributed by atoms with Crippen molar-refractivity contribution in [3.8, 4) is 0 Å². The number of rotatable bonds is 7. The Hall–Kier alpha value is -2.47. The Morgan fingerprint density at radius 2 is 2.04 bits per heavy atom. The van der Waals surface area contributed by atoms with Crippen LogP contribution in [0.2, 0.25) is 0 Å². The second-order valence-electron chi connectivity index (χ2n) is 5.96. The van der Waals surface area contributed by atoms with E-state index >= 15 is 0 Å². The van der Waals surface area contributed by atoms with Crippen LogP contribution in [0, 0.1) is 0 Å². The number of nitrogens with zero attached hydrogens (tertiary/aromatic N) is 3. The molecule has 0 saturated carbocycles. The van der Waals surface area contributed by atoms with Gasteiger partial charge in [0.05, 0.1) is 6.10 Å². The molecule has 1 amide bonds. The third-order valence-corrected chi connectivity index (χ3v) is 4.18. The van der Waals surface area contributed by atoms with Gasteiger partial charge in [-0.2, -0.15) is 0 Å². The van der Waals surface area contributed by atoms with Gasteiger partial charge in [-0.3, -0.25) is 4.79 Å². The maximum atomic E-state index is 11.0. The summed E-state index contributed by atoms with van der Waals surface area (Å²) < 4.78 is 5.97. The molecule has 6 heteroatoms. The van der Waals surface area contributed by atoms with Gasteiger partial charge < -0.3 is 15.4 Å². The molecule has 1 aromatic carbocycles. The molecule has 1 saturated heterocycles. The van der Waals surface area contributed by atoms with Gasteiger partial charge >= 0.3 is 0 Å². The first kappa shape index (κ1) is 16.4. The molecule has 1 fully saturated rings. The Morgan fingerprint density at radius 3 is 2.75 bits per heavy atom. The Bertz CT molecular complexity index is 660. The summed E-state index contributed by atoms with van der Waals surface area (Å²) in [6, 6.07) is 13.8. The van der Waals surface area contributed by atoms with Crippen LogP contribution in [0.4, 0.5) is 5.82 Å². The van der Waals surface area contributed by atoms with E-state index in [1.165, 1.54) is 5.56 Å². The molecular formula is C18H22N4O2. The Balaban J connectivity index is 1.41. The highest BCUT2D eigenvalue weighted by atomic mass is 16.5. The zero-order chi connectivity index (χ0) is 16.8. The van der Waals surface area contributed by atoms with Gasteiger partial charge in [0.2, 0.25) is 0 Å². The van der Waals surface area contributed by atoms with E-state index in [1.54, 1.807) is 12.1 Å². The highest BCUT2D eigenvalue weighted by molar-refractivity contribution is 5.90. The first-order valence-corrected chi connectivity index (χ1v) is 8.26. The molecule has 1 aliphatic rings. The van der Waals surface area contributed by atoms with Gasteiger partial charge in [-0.1, -0.05) is 30.3 Å². The molecular weight excluding hydrogens is 304 g/mol. The highest BCUT2D eigenvalue weighted by Crippen LogP contribution is 2.19. The molecule has 1 atom stereocenters. The lowest BCUT2D eigenvalue weighted by Crippen LogP contribution is -2.25. The van der Waals surface area contributed by atoms with E-state index in [2.05, 4.69) is 39.4 Å². The van der Waals surface area contributed by atoms with Gasteiger partial charge in [-0.25, -0.2) is 0 Å². The second kappa shape index (κ2) is 7.88. The van der Waals surface area contributed by atoms with Gasteiger partial charge in [0.1, 0.15) is 0 Å². The number of nitrogens with two attached hydrogens (primary N) is 1. The number of primary amides is 1. The maximum absolute atomic E-state index is 11.0. The van der Waals surface area contributed by atoms with Crippen molar-refractivity contribution < 1.29 is 9.53 Å². The van der Waals surface area contributed by atoms with Crippen LogP contribution in [0.15, 0.2) is 42.5 Å². The predicted octanol–water partition coefficient (Wildman–Crippen LogP) is 1.80. The van der Waals surface area contributed by atoms with Gasteiger partial charge in [-0.05, 0) is 37.0 Å². The first-order chi connectivity index (χ1) is 11.7. The van der Waals surface area contributed by atoms with Crippen LogP contribution in [0.5, 0.6) is 0 Å². The summed E-state index contributed by atoms with van der Waals surface area (Å²) in [5.41, 5.74) is 6.71. The van der Waals surface area contributed by atoms with Crippen molar-refractivity contribution >= 4 is 11.7 Å². The maximum Gasteiger partial charge on any atom is 0.269 e. The number of benzene rings is 1. The van der Waals surface area contributed by atoms with E-state index < -0.39 is 5.91 Å². The molecule has 1 aromatic heterocycles. The van der Waals surface area contributed by atoms with Crippen LogP contribution in [-0.2, 0) is 11.2 Å². The van der Waals surface area contributed by atoms with Crippen molar-refractivity contribution in [2.75, 3.05) is 24.6 Å². The van der Waals surface area contributed by atoms with E-state index in [4.69, 9.17) is 10.5 Å². The summed E-state index contributed by atoms with van der Waals surface area (Å²) in [6.07, 6.45) is 3.26. The number of aromatic nitrogens is 2. The smallest absolute Gasteiger partial charge is 0.269 e. The minimum atomic E-state index is -0.560. The van der Waals surface area contributed by atoms with Crippen molar-refractivity contribution in [1.82, 2.24) is 10.2 Å². The minimum Gasteiger partial charge on any atom is -0.376 e. The van der Waals surface area contributed by atoms with Crippen LogP contribution in [0.3, 0.4) is 0 Å². The molecule has 2 aromatic rings. The fraction of sp³-hybridized carbons (Fsp3) is 0.389. The zero-order valence-electron chi connectivity index (χ0n) is 13.6. The van der Waals surface area contributed by atoms with Gasteiger partial charge in [0.15, 0.2) is 11.5 Å². The molecule has 2 N–H and O–H groups in total. The number of anilines is 1. The normalized spacial score (nSPS) is 17.2. The second-order valence-corrected chi connectivity index (χ2v) is 5.96. The fourth-order valence-corrected chi connectivity index (χ4v) is 2.87. The van der Waals surface area contributed by atoms with Crippen LogP contribution in [-0.4, -0.2) is 41.9 Å². The van der Waals surface area contributed by atoms with Crippen molar-refractivity contribution in [3.05, 3.63) is 53.7 Å². The summed E-state index contributed by atoms with van der Waals surface area (Å²) >= 11 is 0. The summed E-state index contributed by atoms with van der Waals surface area (Å²) in [5.74, 6) is 0.200. The van der Waals surface area contributed by atoms with Crippen LogP contribution in [0.25, 0.3) is 0 Å². The van der Waals surface area contributed by atoms with Gasteiger partial charge in [0.25, 0.3) is 5.91 Å². The van der Waals surface area contributed by atoms with Crippen LogP contribution >= 0.6 is 0 Å². The topological polar surface area (TPSA) is 81.3 Å². The van der Waals surface area contributed by atoms with Crippen LogP contribution < -0.4 is 10.6 Å². The van der Waals surface area contributed by atoms with E-state index in [0.717, 1.165) is 44.8 Å². The standard InChI is InChI=1S/C18H22N4O2/c19-18(23)16-8-9-17(21-20-16)22-11-10-15(13-22)24-12-4-7-14-5-2-1-3-6-14/h1-3,5-6,8-9,15H,4,7,10-13H2,(H2,19,23)/t15-/m0/s1. The molecule has 126 valence electrons. The number of carbonyl (C=O) groups is 1. The molecule has 0 unspecified atom stereocenters. The van der Waals surface area contributed by atoms with Crippen molar-refractivity contribution in [2.45, 2.75) is 25.4 Å². The minimum absolute atomic E-state index is 0.187. The first-order valence-electron chi connectivity index (χ1n) is 8.26. The number of hydrogen-bond acceptors (Lipinski definition) is 5. The van der Waals surface area contributed by atoms with E-state index in [0.29, 0.717) is 0 Å². The largest absolute Gasteiger partial charge is 0.376 e.